The molecular weight excluding hydrogens is 673 g/mol. The first kappa shape index (κ1) is 33.7. The Morgan fingerprint density at radius 1 is 0.415 bits per heavy atom. The second kappa shape index (κ2) is 12.5. The summed E-state index contributed by atoms with van der Waals surface area (Å²) in [6, 6.07) is 59.5. The second-order valence-electron chi connectivity index (χ2n) is 17.1. The van der Waals surface area contributed by atoms with Crippen LogP contribution in [0.2, 0.25) is 39.3 Å². The van der Waals surface area contributed by atoms with Gasteiger partial charge < -0.3 is 9.80 Å². The monoisotopic (exact) mass is 720 g/mol. The van der Waals surface area contributed by atoms with Crippen LogP contribution in [-0.4, -0.2) is 16.1 Å². The highest BCUT2D eigenvalue weighted by Gasteiger charge is 2.50. The lowest BCUT2D eigenvalue weighted by atomic mass is 9.74. The molecule has 9 rings (SSSR count). The number of hydrogen-bond donors (Lipinski definition) is 0. The molecule has 7 aromatic rings. The average Bonchev–Trinajstić information content (AvgIpc) is 3.97. The minimum atomic E-state index is -1.43. The maximum absolute atomic E-state index is 2.51. The third-order valence-electron chi connectivity index (χ3n) is 11.6. The van der Waals surface area contributed by atoms with Gasteiger partial charge in [0.25, 0.3) is 0 Å². The van der Waals surface area contributed by atoms with E-state index < -0.39 is 16.1 Å². The van der Waals surface area contributed by atoms with Gasteiger partial charge in [-0.3, -0.25) is 0 Å². The number of para-hydroxylation sites is 2. The fourth-order valence-corrected chi connectivity index (χ4v) is 10.9. The Hall–Kier alpha value is -5.17. The molecule has 2 nitrogen and oxygen atoms in total. The fourth-order valence-electron chi connectivity index (χ4n) is 8.57. The van der Waals surface area contributed by atoms with Gasteiger partial charge in [-0.05, 0) is 107 Å². The van der Waals surface area contributed by atoms with E-state index in [0.717, 1.165) is 0 Å². The number of hydrogen-bond acceptors (Lipinski definition) is 2. The SMILES string of the molecule is C[Si](C)(C)c1ccc(N(c2ccccc2)c2ccc3c(c2)C2(CC2)c2cccc4c(N(c5ccccc5)c5ccc([Si](C)(C)C)cc5)ccc-3c24)cc1. The molecule has 262 valence electrons. The zero-order valence-electron chi connectivity index (χ0n) is 31.8. The molecule has 53 heavy (non-hydrogen) atoms. The Kier molecular flexibility index (Phi) is 7.92. The predicted molar refractivity (Wildman–Crippen MR) is 235 cm³/mol. The van der Waals surface area contributed by atoms with Gasteiger partial charge in [0.05, 0.1) is 21.8 Å². The van der Waals surface area contributed by atoms with Crippen molar-refractivity contribution >= 4 is 71.4 Å². The predicted octanol–water partition coefficient (Wildman–Crippen LogP) is 12.9. The molecule has 0 saturated heterocycles. The summed E-state index contributed by atoms with van der Waals surface area (Å²) < 4.78 is 0. The molecule has 2 aliphatic rings. The summed E-state index contributed by atoms with van der Waals surface area (Å²) >= 11 is 0. The number of benzene rings is 7. The fraction of sp³-hybridized carbons (Fsp3) is 0.184. The summed E-state index contributed by atoms with van der Waals surface area (Å²) in [6.45, 7) is 14.5. The maximum Gasteiger partial charge on any atom is 0.0775 e. The zero-order valence-corrected chi connectivity index (χ0v) is 33.8. The molecule has 7 aromatic carbocycles. The maximum atomic E-state index is 2.51. The van der Waals surface area contributed by atoms with Crippen molar-refractivity contribution in [1.82, 2.24) is 0 Å². The van der Waals surface area contributed by atoms with Crippen molar-refractivity contribution in [2.45, 2.75) is 57.5 Å². The van der Waals surface area contributed by atoms with Crippen molar-refractivity contribution in [3.8, 4) is 11.1 Å². The molecule has 0 radical (unpaired) electrons. The summed E-state index contributed by atoms with van der Waals surface area (Å²) in [4.78, 5) is 4.90. The zero-order chi connectivity index (χ0) is 36.5. The molecule has 0 heterocycles. The molecule has 4 heteroatoms. The highest BCUT2D eigenvalue weighted by molar-refractivity contribution is 6.89. The Morgan fingerprint density at radius 2 is 0.906 bits per heavy atom. The van der Waals surface area contributed by atoms with E-state index in [0.29, 0.717) is 0 Å². The minimum Gasteiger partial charge on any atom is -0.310 e. The van der Waals surface area contributed by atoms with Crippen LogP contribution in [0.4, 0.5) is 34.1 Å². The van der Waals surface area contributed by atoms with Crippen LogP contribution in [0.25, 0.3) is 21.9 Å². The van der Waals surface area contributed by atoms with Gasteiger partial charge in [0, 0.05) is 39.2 Å². The van der Waals surface area contributed by atoms with Crippen molar-refractivity contribution in [1.29, 1.82) is 0 Å². The molecule has 0 bridgehead atoms. The van der Waals surface area contributed by atoms with Crippen LogP contribution >= 0.6 is 0 Å². The quantitative estimate of drug-likeness (QED) is 0.144. The van der Waals surface area contributed by atoms with Crippen LogP contribution in [0.1, 0.15) is 24.0 Å². The standard InChI is InChI=1S/C49H48N2Si2/c1-52(2,3)40-25-20-37(21-26-40)50(35-14-9-7-10-15-35)39-24-29-42-43-30-31-47(44-18-13-19-45(48(43)44)49(32-33-49)46(42)34-39)51(36-16-11-8-12-17-36)38-22-27-41(28-23-38)53(4,5)6/h7-31,34H,32-33H2,1-6H3. The van der Waals surface area contributed by atoms with Crippen molar-refractivity contribution in [2.75, 3.05) is 9.80 Å². The van der Waals surface area contributed by atoms with Gasteiger partial charge in [-0.25, -0.2) is 0 Å². The number of anilines is 6. The van der Waals surface area contributed by atoms with E-state index in [9.17, 15) is 0 Å². The highest BCUT2D eigenvalue weighted by atomic mass is 28.3. The first-order valence-electron chi connectivity index (χ1n) is 19.2. The van der Waals surface area contributed by atoms with Gasteiger partial charge >= 0.3 is 0 Å². The Morgan fingerprint density at radius 3 is 1.45 bits per heavy atom. The lowest BCUT2D eigenvalue weighted by Crippen LogP contribution is -2.37. The third kappa shape index (κ3) is 5.76. The van der Waals surface area contributed by atoms with Crippen LogP contribution < -0.4 is 20.2 Å². The van der Waals surface area contributed by atoms with Crippen LogP contribution in [0, 0.1) is 0 Å². The Bertz CT molecular complexity index is 2450. The number of fused-ring (bicyclic) bond motifs is 4. The number of nitrogens with zero attached hydrogens (tertiary/aromatic N) is 2. The summed E-state index contributed by atoms with van der Waals surface area (Å²) in [5, 5.41) is 5.68. The lowest BCUT2D eigenvalue weighted by molar-refractivity contribution is 0.853. The molecule has 1 spiro atoms. The van der Waals surface area contributed by atoms with Crippen molar-refractivity contribution in [3.63, 3.8) is 0 Å². The van der Waals surface area contributed by atoms with E-state index >= 15 is 0 Å². The normalized spacial score (nSPS) is 14.2. The van der Waals surface area contributed by atoms with Gasteiger partial charge in [0.15, 0.2) is 0 Å². The van der Waals surface area contributed by atoms with Crippen LogP contribution in [0.15, 0.2) is 158 Å². The van der Waals surface area contributed by atoms with E-state index in [2.05, 4.69) is 207 Å². The molecule has 1 saturated carbocycles. The van der Waals surface area contributed by atoms with Gasteiger partial charge in [-0.2, -0.15) is 0 Å². The van der Waals surface area contributed by atoms with Gasteiger partial charge in [0.1, 0.15) is 0 Å². The second-order valence-corrected chi connectivity index (χ2v) is 27.3. The van der Waals surface area contributed by atoms with Crippen LogP contribution in [0.5, 0.6) is 0 Å². The van der Waals surface area contributed by atoms with Gasteiger partial charge in [-0.1, -0.05) is 141 Å². The van der Waals surface area contributed by atoms with E-state index in [4.69, 9.17) is 0 Å². The van der Waals surface area contributed by atoms with E-state index in [-0.39, 0.29) is 5.41 Å². The first-order valence-corrected chi connectivity index (χ1v) is 26.2. The Labute approximate surface area is 317 Å². The Balaban J connectivity index is 1.20. The molecule has 2 aliphatic carbocycles. The molecule has 0 amide bonds. The van der Waals surface area contributed by atoms with Crippen molar-refractivity contribution in [2.24, 2.45) is 0 Å². The molecule has 0 aromatic heterocycles. The van der Waals surface area contributed by atoms with Crippen LogP contribution in [0.3, 0.4) is 0 Å². The molecule has 0 N–H and O–H groups in total. The lowest BCUT2D eigenvalue weighted by Gasteiger charge is -2.34. The molecule has 0 aliphatic heterocycles. The van der Waals surface area contributed by atoms with Crippen molar-refractivity contribution in [3.05, 3.63) is 169 Å². The molecular formula is C49H48N2Si2. The van der Waals surface area contributed by atoms with Gasteiger partial charge in [-0.15, -0.1) is 0 Å². The van der Waals surface area contributed by atoms with E-state index in [1.54, 1.807) is 0 Å². The summed E-state index contributed by atoms with van der Waals surface area (Å²) in [6.07, 6.45) is 2.34. The first-order chi connectivity index (χ1) is 25.5. The molecule has 1 fully saturated rings. The number of rotatable bonds is 8. The molecule has 0 unspecified atom stereocenters. The minimum absolute atomic E-state index is 0.0249. The van der Waals surface area contributed by atoms with E-state index in [1.807, 2.05) is 0 Å². The van der Waals surface area contributed by atoms with E-state index in [1.165, 1.54) is 90.4 Å². The topological polar surface area (TPSA) is 6.48 Å². The highest BCUT2D eigenvalue weighted by Crippen LogP contribution is 2.62. The molecule has 0 atom stereocenters. The van der Waals surface area contributed by atoms with Crippen LogP contribution in [-0.2, 0) is 5.41 Å². The third-order valence-corrected chi connectivity index (χ3v) is 15.7. The summed E-state index contributed by atoms with van der Waals surface area (Å²) in [5.41, 5.74) is 12.9. The summed E-state index contributed by atoms with van der Waals surface area (Å²) in [5.74, 6) is 0. The average molecular weight is 721 g/mol. The summed E-state index contributed by atoms with van der Waals surface area (Å²) in [7, 11) is -2.84. The van der Waals surface area contributed by atoms with Crippen molar-refractivity contribution < 1.29 is 0 Å². The largest absolute Gasteiger partial charge is 0.310 e. The smallest absolute Gasteiger partial charge is 0.0775 e. The van der Waals surface area contributed by atoms with Gasteiger partial charge in [0.2, 0.25) is 0 Å².